The number of aryl methyl sites for hydroxylation is 2. The van der Waals surface area contributed by atoms with Gasteiger partial charge in [0.2, 0.25) is 5.91 Å². The molecule has 1 N–H and O–H groups in total. The summed E-state index contributed by atoms with van der Waals surface area (Å²) >= 11 is 1.38. The SMILES string of the molecule is Cc1ccc(-n2c(C)nnc2SCC(=O)Nc2ccc3ccccc3c2)cc1. The molecule has 140 valence electrons. The zero-order chi connectivity index (χ0) is 19.5. The Balaban J connectivity index is 1.45. The van der Waals surface area contributed by atoms with E-state index in [9.17, 15) is 4.79 Å². The Kier molecular flexibility index (Phi) is 5.12. The van der Waals surface area contributed by atoms with Gasteiger partial charge in [-0.3, -0.25) is 9.36 Å². The van der Waals surface area contributed by atoms with Crippen LogP contribution in [0, 0.1) is 13.8 Å². The van der Waals surface area contributed by atoms with E-state index in [-0.39, 0.29) is 11.7 Å². The molecule has 1 aromatic heterocycles. The second kappa shape index (κ2) is 7.86. The van der Waals surface area contributed by atoms with Gasteiger partial charge in [-0.1, -0.05) is 59.8 Å². The maximum atomic E-state index is 12.4. The largest absolute Gasteiger partial charge is 0.325 e. The predicted molar refractivity (Wildman–Crippen MR) is 114 cm³/mol. The molecular formula is C22H20N4OS. The summed E-state index contributed by atoms with van der Waals surface area (Å²) in [5, 5.41) is 14.3. The molecular weight excluding hydrogens is 368 g/mol. The molecule has 0 spiro atoms. The first kappa shape index (κ1) is 18.3. The fourth-order valence-electron chi connectivity index (χ4n) is 3.02. The van der Waals surface area contributed by atoms with Gasteiger partial charge in [-0.2, -0.15) is 0 Å². The van der Waals surface area contributed by atoms with Gasteiger partial charge in [-0.05, 0) is 48.9 Å². The minimum absolute atomic E-state index is 0.0728. The minimum Gasteiger partial charge on any atom is -0.325 e. The highest BCUT2D eigenvalue weighted by molar-refractivity contribution is 7.99. The molecule has 0 unspecified atom stereocenters. The molecule has 3 aromatic carbocycles. The van der Waals surface area contributed by atoms with E-state index in [0.717, 1.165) is 28.0 Å². The van der Waals surface area contributed by atoms with E-state index in [0.29, 0.717) is 5.16 Å². The second-order valence-corrected chi connectivity index (χ2v) is 7.54. The van der Waals surface area contributed by atoms with Crippen molar-refractivity contribution >= 4 is 34.1 Å². The zero-order valence-corrected chi connectivity index (χ0v) is 16.5. The monoisotopic (exact) mass is 388 g/mol. The van der Waals surface area contributed by atoms with Crippen LogP contribution in [0.2, 0.25) is 0 Å². The Bertz CT molecular complexity index is 1130. The Hall–Kier alpha value is -3.12. The summed E-state index contributed by atoms with van der Waals surface area (Å²) in [4.78, 5) is 12.4. The lowest BCUT2D eigenvalue weighted by atomic mass is 10.1. The molecule has 0 atom stereocenters. The number of thioether (sulfide) groups is 1. The molecule has 0 saturated carbocycles. The van der Waals surface area contributed by atoms with Crippen molar-refractivity contribution < 1.29 is 4.79 Å². The number of carbonyl (C=O) groups is 1. The van der Waals surface area contributed by atoms with Crippen molar-refractivity contribution in [3.63, 3.8) is 0 Å². The standard InChI is InChI=1S/C22H20N4OS/c1-15-7-11-20(12-8-15)26-16(2)24-25-22(26)28-14-21(27)23-19-10-9-17-5-3-4-6-18(17)13-19/h3-13H,14H2,1-2H3,(H,23,27). The highest BCUT2D eigenvalue weighted by Gasteiger charge is 2.13. The maximum Gasteiger partial charge on any atom is 0.234 e. The first-order valence-corrected chi connectivity index (χ1v) is 9.99. The lowest BCUT2D eigenvalue weighted by Crippen LogP contribution is -2.14. The molecule has 0 fully saturated rings. The number of amides is 1. The normalized spacial score (nSPS) is 10.9. The van der Waals surface area contributed by atoms with E-state index in [1.54, 1.807) is 0 Å². The lowest BCUT2D eigenvalue weighted by molar-refractivity contribution is -0.113. The number of hydrogen-bond acceptors (Lipinski definition) is 4. The van der Waals surface area contributed by atoms with Gasteiger partial charge in [0, 0.05) is 11.4 Å². The van der Waals surface area contributed by atoms with Gasteiger partial charge in [0.25, 0.3) is 0 Å². The fourth-order valence-corrected chi connectivity index (χ4v) is 3.82. The number of anilines is 1. The molecule has 0 radical (unpaired) electrons. The number of nitrogens with zero attached hydrogens (tertiary/aromatic N) is 3. The van der Waals surface area contributed by atoms with Gasteiger partial charge in [-0.15, -0.1) is 10.2 Å². The van der Waals surface area contributed by atoms with E-state index in [2.05, 4.69) is 40.6 Å². The summed E-state index contributed by atoms with van der Waals surface area (Å²) < 4.78 is 1.97. The summed E-state index contributed by atoms with van der Waals surface area (Å²) in [6.07, 6.45) is 0. The maximum absolute atomic E-state index is 12.4. The third-order valence-corrected chi connectivity index (χ3v) is 5.38. The van der Waals surface area contributed by atoms with Crippen LogP contribution in [0.25, 0.3) is 16.5 Å². The van der Waals surface area contributed by atoms with E-state index >= 15 is 0 Å². The van der Waals surface area contributed by atoms with Crippen LogP contribution in [0.3, 0.4) is 0 Å². The van der Waals surface area contributed by atoms with E-state index in [1.165, 1.54) is 17.3 Å². The number of rotatable bonds is 5. The van der Waals surface area contributed by atoms with E-state index in [4.69, 9.17) is 0 Å². The van der Waals surface area contributed by atoms with Crippen molar-refractivity contribution in [2.45, 2.75) is 19.0 Å². The van der Waals surface area contributed by atoms with Crippen LogP contribution < -0.4 is 5.32 Å². The number of carbonyl (C=O) groups excluding carboxylic acids is 1. The third kappa shape index (κ3) is 3.92. The smallest absolute Gasteiger partial charge is 0.234 e. The van der Waals surface area contributed by atoms with Gasteiger partial charge in [-0.25, -0.2) is 0 Å². The van der Waals surface area contributed by atoms with Crippen molar-refractivity contribution in [2.24, 2.45) is 0 Å². The molecule has 0 bridgehead atoms. The summed E-state index contributed by atoms with van der Waals surface area (Å²) in [5.74, 6) is 0.981. The molecule has 6 heteroatoms. The molecule has 4 aromatic rings. The van der Waals surface area contributed by atoms with Gasteiger partial charge in [0.15, 0.2) is 5.16 Å². The van der Waals surface area contributed by atoms with Crippen LogP contribution in [0.5, 0.6) is 0 Å². The molecule has 0 aliphatic carbocycles. The van der Waals surface area contributed by atoms with Crippen LogP contribution in [0.15, 0.2) is 71.9 Å². The van der Waals surface area contributed by atoms with Crippen molar-refractivity contribution in [3.05, 3.63) is 78.1 Å². The Labute approximate surface area is 167 Å². The van der Waals surface area contributed by atoms with Gasteiger partial charge >= 0.3 is 0 Å². The molecule has 4 rings (SSSR count). The average Bonchev–Trinajstić information content (AvgIpc) is 3.07. The van der Waals surface area contributed by atoms with Gasteiger partial charge in [0.1, 0.15) is 5.82 Å². The number of benzene rings is 3. The van der Waals surface area contributed by atoms with Gasteiger partial charge in [0.05, 0.1) is 5.75 Å². The third-order valence-electron chi connectivity index (χ3n) is 4.45. The second-order valence-electron chi connectivity index (χ2n) is 6.60. The van der Waals surface area contributed by atoms with Crippen LogP contribution in [-0.2, 0) is 4.79 Å². The molecule has 5 nitrogen and oxygen atoms in total. The highest BCUT2D eigenvalue weighted by atomic mass is 32.2. The van der Waals surface area contributed by atoms with Crippen molar-refractivity contribution in [1.82, 2.24) is 14.8 Å². The lowest BCUT2D eigenvalue weighted by Gasteiger charge is -2.09. The minimum atomic E-state index is -0.0728. The van der Waals surface area contributed by atoms with Crippen LogP contribution in [0.1, 0.15) is 11.4 Å². The van der Waals surface area contributed by atoms with E-state index in [1.807, 2.05) is 60.0 Å². The summed E-state index contributed by atoms with van der Waals surface area (Å²) in [7, 11) is 0. The molecule has 1 amide bonds. The van der Waals surface area contributed by atoms with Gasteiger partial charge < -0.3 is 5.32 Å². The zero-order valence-electron chi connectivity index (χ0n) is 15.7. The summed E-state index contributed by atoms with van der Waals surface area (Å²) in [6.45, 7) is 3.96. The highest BCUT2D eigenvalue weighted by Crippen LogP contribution is 2.23. The number of nitrogens with one attached hydrogen (secondary N) is 1. The molecule has 1 heterocycles. The van der Waals surface area contributed by atoms with Crippen molar-refractivity contribution in [1.29, 1.82) is 0 Å². The Morgan fingerprint density at radius 2 is 1.71 bits per heavy atom. The average molecular weight is 388 g/mol. The molecule has 0 aliphatic heterocycles. The first-order valence-electron chi connectivity index (χ1n) is 9.01. The van der Waals surface area contributed by atoms with Crippen LogP contribution >= 0.6 is 11.8 Å². The molecule has 0 aliphatic rings. The number of aromatic nitrogens is 3. The predicted octanol–water partition coefficient (Wildman–Crippen LogP) is 4.77. The Morgan fingerprint density at radius 3 is 2.50 bits per heavy atom. The summed E-state index contributed by atoms with van der Waals surface area (Å²) in [6, 6.07) is 22.2. The van der Waals surface area contributed by atoms with E-state index < -0.39 is 0 Å². The topological polar surface area (TPSA) is 59.8 Å². The van der Waals surface area contributed by atoms with Crippen molar-refractivity contribution in [2.75, 3.05) is 11.1 Å². The van der Waals surface area contributed by atoms with Crippen LogP contribution in [0.4, 0.5) is 5.69 Å². The quantitative estimate of drug-likeness (QED) is 0.501. The summed E-state index contributed by atoms with van der Waals surface area (Å²) in [5.41, 5.74) is 2.98. The molecule has 0 saturated heterocycles. The number of hydrogen-bond donors (Lipinski definition) is 1. The first-order chi connectivity index (χ1) is 13.6. The van der Waals surface area contributed by atoms with Crippen molar-refractivity contribution in [3.8, 4) is 5.69 Å². The fraction of sp³-hybridized carbons (Fsp3) is 0.136. The molecule has 28 heavy (non-hydrogen) atoms. The number of fused-ring (bicyclic) bond motifs is 1. The van der Waals surface area contributed by atoms with Crippen LogP contribution in [-0.4, -0.2) is 26.4 Å². The Morgan fingerprint density at radius 1 is 0.964 bits per heavy atom.